The Bertz CT molecular complexity index is 756. The van der Waals surface area contributed by atoms with E-state index in [1.165, 1.54) is 0 Å². The molecule has 0 aliphatic heterocycles. The molecule has 0 bridgehead atoms. The molecule has 0 heterocycles. The molecular formula is C19H23N3O2. The number of carbonyl (C=O) groups excluding carboxylic acids is 2. The Labute approximate surface area is 142 Å². The number of nitrogens with one attached hydrogen (secondary N) is 2. The topological polar surface area (TPSA) is 84.2 Å². The van der Waals surface area contributed by atoms with E-state index >= 15 is 0 Å². The summed E-state index contributed by atoms with van der Waals surface area (Å²) in [6.07, 6.45) is 0.112. The summed E-state index contributed by atoms with van der Waals surface area (Å²) in [6.45, 7) is 5.90. The van der Waals surface area contributed by atoms with Crippen LogP contribution in [0.15, 0.2) is 42.5 Å². The van der Waals surface area contributed by atoms with E-state index in [0.29, 0.717) is 0 Å². The van der Waals surface area contributed by atoms with E-state index in [0.717, 1.165) is 27.9 Å². The number of nitrogens with two attached hydrogens (primary N) is 1. The minimum atomic E-state index is -0.650. The number of primary amides is 1. The second-order valence-corrected chi connectivity index (χ2v) is 5.92. The quantitative estimate of drug-likeness (QED) is 0.787. The fourth-order valence-electron chi connectivity index (χ4n) is 2.66. The number of anilines is 1. The molecule has 0 radical (unpaired) electrons. The predicted octanol–water partition coefficient (Wildman–Crippen LogP) is 3.35. The van der Waals surface area contributed by atoms with Crippen molar-refractivity contribution in [1.29, 1.82) is 0 Å². The van der Waals surface area contributed by atoms with Crippen LogP contribution in [-0.2, 0) is 4.79 Å². The summed E-state index contributed by atoms with van der Waals surface area (Å²) in [5.41, 5.74) is 10.1. The number of hydrogen-bond donors (Lipinski definition) is 3. The molecule has 2 aromatic rings. The lowest BCUT2D eigenvalue weighted by Crippen LogP contribution is -2.35. The van der Waals surface area contributed by atoms with Crippen LogP contribution in [0.3, 0.4) is 0 Å². The van der Waals surface area contributed by atoms with E-state index in [2.05, 4.69) is 10.6 Å². The average molecular weight is 325 g/mol. The highest BCUT2D eigenvalue weighted by molar-refractivity contribution is 5.92. The Balaban J connectivity index is 2.17. The summed E-state index contributed by atoms with van der Waals surface area (Å²) < 4.78 is 0. The molecule has 0 fully saturated rings. The first kappa shape index (κ1) is 17.5. The van der Waals surface area contributed by atoms with Gasteiger partial charge in [0, 0.05) is 5.69 Å². The zero-order chi connectivity index (χ0) is 17.7. The fourth-order valence-corrected chi connectivity index (χ4v) is 2.66. The van der Waals surface area contributed by atoms with Crippen LogP contribution in [0, 0.1) is 20.8 Å². The summed E-state index contributed by atoms with van der Waals surface area (Å²) >= 11 is 0. The first-order valence-electron chi connectivity index (χ1n) is 7.86. The van der Waals surface area contributed by atoms with E-state index in [-0.39, 0.29) is 12.3 Å². The van der Waals surface area contributed by atoms with Gasteiger partial charge < -0.3 is 16.4 Å². The predicted molar refractivity (Wildman–Crippen MR) is 95.8 cm³/mol. The number of carbonyl (C=O) groups is 2. The van der Waals surface area contributed by atoms with Crippen LogP contribution in [0.4, 0.5) is 10.5 Å². The monoisotopic (exact) mass is 325 g/mol. The van der Waals surface area contributed by atoms with Gasteiger partial charge in [0.1, 0.15) is 0 Å². The molecule has 1 atom stereocenters. The van der Waals surface area contributed by atoms with Gasteiger partial charge in [-0.15, -0.1) is 0 Å². The van der Waals surface area contributed by atoms with Gasteiger partial charge in [-0.1, -0.05) is 36.4 Å². The maximum Gasteiger partial charge on any atom is 0.312 e. The molecule has 3 amide bonds. The molecule has 1 unspecified atom stereocenters. The summed E-state index contributed by atoms with van der Waals surface area (Å²) in [5, 5.41) is 5.57. The number of aryl methyl sites for hydroxylation is 2. The number of benzene rings is 2. The lowest BCUT2D eigenvalue weighted by atomic mass is 9.98. The summed E-state index contributed by atoms with van der Waals surface area (Å²) in [7, 11) is 0. The summed E-state index contributed by atoms with van der Waals surface area (Å²) in [4.78, 5) is 23.8. The van der Waals surface area contributed by atoms with Gasteiger partial charge >= 0.3 is 6.03 Å². The van der Waals surface area contributed by atoms with E-state index < -0.39 is 12.1 Å². The molecule has 0 aromatic heterocycles. The molecule has 24 heavy (non-hydrogen) atoms. The molecule has 0 saturated carbocycles. The molecule has 0 saturated heterocycles. The first-order chi connectivity index (χ1) is 11.4. The minimum Gasteiger partial charge on any atom is -0.352 e. The second kappa shape index (κ2) is 7.64. The third kappa shape index (κ3) is 4.35. The minimum absolute atomic E-state index is 0.112. The van der Waals surface area contributed by atoms with E-state index in [1.54, 1.807) is 0 Å². The van der Waals surface area contributed by atoms with Gasteiger partial charge in [-0.3, -0.25) is 4.79 Å². The van der Waals surface area contributed by atoms with Crippen molar-refractivity contribution < 1.29 is 9.59 Å². The van der Waals surface area contributed by atoms with Crippen LogP contribution in [0.2, 0.25) is 0 Å². The standard InChI is InChI=1S/C19H23N3O2/c1-12-8-6-10-16(14(12)3)21-18(23)11-17(22-19(20)24)15-9-5-4-7-13(15)2/h4-10,17H,11H2,1-3H3,(H,21,23)(H3,20,22,24). The van der Waals surface area contributed by atoms with Gasteiger partial charge in [-0.25, -0.2) is 4.79 Å². The second-order valence-electron chi connectivity index (χ2n) is 5.92. The smallest absolute Gasteiger partial charge is 0.312 e. The Morgan fingerprint density at radius 2 is 1.67 bits per heavy atom. The van der Waals surface area contributed by atoms with Crippen LogP contribution in [-0.4, -0.2) is 11.9 Å². The van der Waals surface area contributed by atoms with Crippen LogP contribution in [0.1, 0.15) is 34.7 Å². The van der Waals surface area contributed by atoms with Gasteiger partial charge in [-0.2, -0.15) is 0 Å². The third-order valence-corrected chi connectivity index (χ3v) is 4.15. The molecule has 0 aliphatic carbocycles. The van der Waals surface area contributed by atoms with Crippen LogP contribution in [0.5, 0.6) is 0 Å². The van der Waals surface area contributed by atoms with Crippen LogP contribution >= 0.6 is 0 Å². The molecule has 0 spiro atoms. The largest absolute Gasteiger partial charge is 0.352 e. The fraction of sp³-hybridized carbons (Fsp3) is 0.263. The van der Waals surface area contributed by atoms with Crippen molar-refractivity contribution in [2.24, 2.45) is 5.73 Å². The zero-order valence-corrected chi connectivity index (χ0v) is 14.2. The van der Waals surface area contributed by atoms with Crippen molar-refractivity contribution >= 4 is 17.6 Å². The van der Waals surface area contributed by atoms with Crippen molar-refractivity contribution in [1.82, 2.24) is 5.32 Å². The normalized spacial score (nSPS) is 11.6. The first-order valence-corrected chi connectivity index (χ1v) is 7.86. The van der Waals surface area contributed by atoms with Gasteiger partial charge in [0.2, 0.25) is 5.91 Å². The Hall–Kier alpha value is -2.82. The number of urea groups is 1. The molecule has 5 heteroatoms. The van der Waals surface area contributed by atoms with Gasteiger partial charge in [0.15, 0.2) is 0 Å². The Morgan fingerprint density at radius 1 is 1.00 bits per heavy atom. The molecule has 4 N–H and O–H groups in total. The highest BCUT2D eigenvalue weighted by atomic mass is 16.2. The summed E-state index contributed by atoms with van der Waals surface area (Å²) in [6, 6.07) is 12.3. The lowest BCUT2D eigenvalue weighted by molar-refractivity contribution is -0.116. The highest BCUT2D eigenvalue weighted by Gasteiger charge is 2.19. The van der Waals surface area contributed by atoms with Crippen molar-refractivity contribution in [2.45, 2.75) is 33.2 Å². The van der Waals surface area contributed by atoms with Crippen molar-refractivity contribution in [3.05, 3.63) is 64.7 Å². The van der Waals surface area contributed by atoms with Crippen LogP contribution < -0.4 is 16.4 Å². The van der Waals surface area contributed by atoms with Crippen molar-refractivity contribution in [3.63, 3.8) is 0 Å². The number of amides is 3. The molecular weight excluding hydrogens is 302 g/mol. The zero-order valence-electron chi connectivity index (χ0n) is 14.2. The van der Waals surface area contributed by atoms with E-state index in [9.17, 15) is 9.59 Å². The van der Waals surface area contributed by atoms with Gasteiger partial charge in [0.25, 0.3) is 0 Å². The molecule has 5 nitrogen and oxygen atoms in total. The number of hydrogen-bond acceptors (Lipinski definition) is 2. The SMILES string of the molecule is Cc1ccccc1C(CC(=O)Nc1cccc(C)c1C)NC(N)=O. The van der Waals surface area contributed by atoms with Gasteiger partial charge in [0.05, 0.1) is 12.5 Å². The van der Waals surface area contributed by atoms with Crippen LogP contribution in [0.25, 0.3) is 0 Å². The molecule has 2 aromatic carbocycles. The maximum absolute atomic E-state index is 12.4. The maximum atomic E-state index is 12.4. The third-order valence-electron chi connectivity index (χ3n) is 4.15. The lowest BCUT2D eigenvalue weighted by Gasteiger charge is -2.20. The molecule has 126 valence electrons. The van der Waals surface area contributed by atoms with E-state index in [1.807, 2.05) is 63.2 Å². The van der Waals surface area contributed by atoms with Crippen molar-refractivity contribution in [3.8, 4) is 0 Å². The molecule has 0 aliphatic rings. The Morgan fingerprint density at radius 3 is 2.33 bits per heavy atom. The summed E-state index contributed by atoms with van der Waals surface area (Å²) in [5.74, 6) is -0.175. The van der Waals surface area contributed by atoms with E-state index in [4.69, 9.17) is 5.73 Å². The average Bonchev–Trinajstić information content (AvgIpc) is 2.51. The van der Waals surface area contributed by atoms with Gasteiger partial charge in [-0.05, 0) is 49.1 Å². The Kier molecular flexibility index (Phi) is 5.58. The number of rotatable bonds is 5. The highest BCUT2D eigenvalue weighted by Crippen LogP contribution is 2.23. The molecule has 2 rings (SSSR count). The van der Waals surface area contributed by atoms with Crippen molar-refractivity contribution in [2.75, 3.05) is 5.32 Å².